The Labute approximate surface area is 93.8 Å². The van der Waals surface area contributed by atoms with Crippen molar-refractivity contribution in [1.29, 1.82) is 0 Å². The average Bonchev–Trinajstić information content (AvgIpc) is 2.25. The van der Waals surface area contributed by atoms with Crippen molar-refractivity contribution in [1.82, 2.24) is 0 Å². The quantitative estimate of drug-likeness (QED) is 0.847. The van der Waals surface area contributed by atoms with E-state index in [1.54, 1.807) is 0 Å². The Balaban J connectivity index is 2.28. The van der Waals surface area contributed by atoms with E-state index in [1.807, 2.05) is 19.1 Å². The van der Waals surface area contributed by atoms with Gasteiger partial charge in [-0.15, -0.1) is 0 Å². The summed E-state index contributed by atoms with van der Waals surface area (Å²) < 4.78 is 11.0. The van der Waals surface area contributed by atoms with Gasteiger partial charge in [0.1, 0.15) is 13.2 Å². The lowest BCUT2D eigenvalue weighted by atomic mass is 10.0. The molecule has 4 nitrogen and oxygen atoms in total. The molecule has 1 aromatic rings. The van der Waals surface area contributed by atoms with Crippen LogP contribution in [0.2, 0.25) is 0 Å². The van der Waals surface area contributed by atoms with Crippen molar-refractivity contribution in [2.45, 2.75) is 19.8 Å². The monoisotopic (exact) mass is 222 g/mol. The Morgan fingerprint density at radius 1 is 1.38 bits per heavy atom. The van der Waals surface area contributed by atoms with E-state index in [2.05, 4.69) is 0 Å². The van der Waals surface area contributed by atoms with Gasteiger partial charge in [0, 0.05) is 6.42 Å². The summed E-state index contributed by atoms with van der Waals surface area (Å²) in [7, 11) is 0. The summed E-state index contributed by atoms with van der Waals surface area (Å²) in [5.74, 6) is 0.636. The number of carbonyl (C=O) groups is 1. The van der Waals surface area contributed by atoms with Gasteiger partial charge in [0.25, 0.3) is 0 Å². The second-order valence-corrected chi connectivity index (χ2v) is 3.84. The van der Waals surface area contributed by atoms with Crippen molar-refractivity contribution < 1.29 is 19.4 Å². The minimum absolute atomic E-state index is 0.110. The number of carboxylic acid groups (broad SMARTS) is 1. The van der Waals surface area contributed by atoms with Crippen molar-refractivity contribution >= 4 is 5.97 Å². The standard InChI is InChI=1S/C12H14O4/c1-8-6-9(2-3-11(13)14)12-10(7-8)15-4-5-16-12/h6-7H,2-5H2,1H3,(H,13,14). The Morgan fingerprint density at radius 3 is 2.88 bits per heavy atom. The second kappa shape index (κ2) is 4.43. The van der Waals surface area contributed by atoms with Crippen molar-refractivity contribution in [2.24, 2.45) is 0 Å². The van der Waals surface area contributed by atoms with Crippen LogP contribution in [0.15, 0.2) is 12.1 Å². The summed E-state index contributed by atoms with van der Waals surface area (Å²) in [5, 5.41) is 8.68. The number of benzene rings is 1. The predicted molar refractivity (Wildman–Crippen MR) is 58.1 cm³/mol. The number of aliphatic carboxylic acids is 1. The Morgan fingerprint density at radius 2 is 2.12 bits per heavy atom. The molecule has 1 aliphatic heterocycles. The third kappa shape index (κ3) is 2.27. The highest BCUT2D eigenvalue weighted by Gasteiger charge is 2.17. The lowest BCUT2D eigenvalue weighted by Crippen LogP contribution is -2.17. The molecule has 16 heavy (non-hydrogen) atoms. The molecule has 0 bridgehead atoms. The van der Waals surface area contributed by atoms with E-state index in [1.165, 1.54) is 0 Å². The minimum atomic E-state index is -0.799. The van der Waals surface area contributed by atoms with Crippen LogP contribution in [-0.4, -0.2) is 24.3 Å². The first-order valence-corrected chi connectivity index (χ1v) is 5.28. The van der Waals surface area contributed by atoms with Gasteiger partial charge < -0.3 is 14.6 Å². The van der Waals surface area contributed by atoms with Crippen LogP contribution in [-0.2, 0) is 11.2 Å². The molecule has 0 saturated heterocycles. The number of aryl methyl sites for hydroxylation is 2. The molecule has 0 unspecified atom stereocenters. The van der Waals surface area contributed by atoms with Gasteiger partial charge in [-0.1, -0.05) is 6.07 Å². The van der Waals surface area contributed by atoms with Crippen LogP contribution in [0.4, 0.5) is 0 Å². The van der Waals surface area contributed by atoms with Crippen LogP contribution in [0.1, 0.15) is 17.5 Å². The highest BCUT2D eigenvalue weighted by atomic mass is 16.6. The molecule has 1 heterocycles. The van der Waals surface area contributed by atoms with Gasteiger partial charge >= 0.3 is 5.97 Å². The third-order valence-corrected chi connectivity index (χ3v) is 2.47. The van der Waals surface area contributed by atoms with Gasteiger partial charge in [-0.25, -0.2) is 0 Å². The summed E-state index contributed by atoms with van der Waals surface area (Å²) in [6, 6.07) is 3.87. The molecule has 0 fully saturated rings. The number of hydrogen-bond acceptors (Lipinski definition) is 3. The van der Waals surface area contributed by atoms with E-state index >= 15 is 0 Å². The van der Waals surface area contributed by atoms with E-state index in [0.29, 0.717) is 25.4 Å². The van der Waals surface area contributed by atoms with Gasteiger partial charge in [0.2, 0.25) is 0 Å². The summed E-state index contributed by atoms with van der Waals surface area (Å²) in [5.41, 5.74) is 1.97. The summed E-state index contributed by atoms with van der Waals surface area (Å²) >= 11 is 0. The molecule has 0 amide bonds. The Kier molecular flexibility index (Phi) is 2.99. The maximum atomic E-state index is 10.6. The van der Waals surface area contributed by atoms with E-state index in [4.69, 9.17) is 14.6 Å². The summed E-state index contributed by atoms with van der Waals surface area (Å²) in [6.45, 7) is 3.04. The normalized spacial score (nSPS) is 13.6. The molecule has 0 radical (unpaired) electrons. The van der Waals surface area contributed by atoms with Crippen LogP contribution in [0.3, 0.4) is 0 Å². The van der Waals surface area contributed by atoms with E-state index in [-0.39, 0.29) is 6.42 Å². The first-order chi connectivity index (χ1) is 7.66. The van der Waals surface area contributed by atoms with Gasteiger partial charge in [-0.05, 0) is 30.5 Å². The van der Waals surface area contributed by atoms with Crippen LogP contribution in [0.5, 0.6) is 11.5 Å². The number of ether oxygens (including phenoxy) is 2. The zero-order valence-corrected chi connectivity index (χ0v) is 9.16. The smallest absolute Gasteiger partial charge is 0.303 e. The zero-order chi connectivity index (χ0) is 11.5. The molecule has 1 aliphatic rings. The number of carboxylic acids is 1. The number of fused-ring (bicyclic) bond motifs is 1. The van der Waals surface area contributed by atoms with Gasteiger partial charge in [-0.3, -0.25) is 4.79 Å². The molecular weight excluding hydrogens is 208 g/mol. The first-order valence-electron chi connectivity index (χ1n) is 5.28. The van der Waals surface area contributed by atoms with E-state index in [0.717, 1.165) is 16.9 Å². The van der Waals surface area contributed by atoms with Gasteiger partial charge in [-0.2, -0.15) is 0 Å². The van der Waals surface area contributed by atoms with Crippen molar-refractivity contribution in [3.8, 4) is 11.5 Å². The third-order valence-electron chi connectivity index (χ3n) is 2.47. The van der Waals surface area contributed by atoms with Gasteiger partial charge in [0.15, 0.2) is 11.5 Å². The molecule has 1 aromatic carbocycles. The van der Waals surface area contributed by atoms with Crippen LogP contribution in [0.25, 0.3) is 0 Å². The fourth-order valence-corrected chi connectivity index (χ4v) is 1.81. The lowest BCUT2D eigenvalue weighted by Gasteiger charge is -2.21. The number of hydrogen-bond donors (Lipinski definition) is 1. The molecule has 1 N–H and O–H groups in total. The fraction of sp³-hybridized carbons (Fsp3) is 0.417. The van der Waals surface area contributed by atoms with Crippen molar-refractivity contribution in [3.05, 3.63) is 23.3 Å². The topological polar surface area (TPSA) is 55.8 Å². The molecule has 0 aliphatic carbocycles. The maximum Gasteiger partial charge on any atom is 0.303 e. The van der Waals surface area contributed by atoms with Crippen LogP contribution in [0, 0.1) is 6.92 Å². The fourth-order valence-electron chi connectivity index (χ4n) is 1.81. The molecule has 4 heteroatoms. The molecule has 0 saturated carbocycles. The molecule has 0 aromatic heterocycles. The predicted octanol–water partition coefficient (Wildman–Crippen LogP) is 1.78. The average molecular weight is 222 g/mol. The molecule has 2 rings (SSSR count). The van der Waals surface area contributed by atoms with E-state index < -0.39 is 5.97 Å². The maximum absolute atomic E-state index is 10.6. The lowest BCUT2D eigenvalue weighted by molar-refractivity contribution is -0.136. The zero-order valence-electron chi connectivity index (χ0n) is 9.16. The first kappa shape index (κ1) is 10.8. The largest absolute Gasteiger partial charge is 0.486 e. The molecular formula is C12H14O4. The molecule has 0 spiro atoms. The summed E-state index contributed by atoms with van der Waals surface area (Å²) in [6.07, 6.45) is 0.585. The van der Waals surface area contributed by atoms with Crippen LogP contribution < -0.4 is 9.47 Å². The molecule has 86 valence electrons. The minimum Gasteiger partial charge on any atom is -0.486 e. The second-order valence-electron chi connectivity index (χ2n) is 3.84. The van der Waals surface area contributed by atoms with Crippen molar-refractivity contribution in [3.63, 3.8) is 0 Å². The Hall–Kier alpha value is -1.71. The van der Waals surface area contributed by atoms with Gasteiger partial charge in [0.05, 0.1) is 0 Å². The highest BCUT2D eigenvalue weighted by Crippen LogP contribution is 2.35. The number of rotatable bonds is 3. The highest BCUT2D eigenvalue weighted by molar-refractivity contribution is 5.67. The SMILES string of the molecule is Cc1cc(CCC(=O)O)c2c(c1)OCCO2. The van der Waals surface area contributed by atoms with E-state index in [9.17, 15) is 4.79 Å². The molecule has 0 atom stereocenters. The Bertz CT molecular complexity index is 412. The van der Waals surface area contributed by atoms with Crippen LogP contribution >= 0.6 is 0 Å². The summed E-state index contributed by atoms with van der Waals surface area (Å²) in [4.78, 5) is 10.6. The van der Waals surface area contributed by atoms with Crippen molar-refractivity contribution in [2.75, 3.05) is 13.2 Å².